The summed E-state index contributed by atoms with van der Waals surface area (Å²) in [5.74, 6) is 0.352. The summed E-state index contributed by atoms with van der Waals surface area (Å²) >= 11 is 0. The Morgan fingerprint density at radius 2 is 1.92 bits per heavy atom. The molecule has 0 saturated heterocycles. The van der Waals surface area contributed by atoms with Gasteiger partial charge >= 0.3 is 0 Å². The molecule has 0 radical (unpaired) electrons. The minimum atomic E-state index is -0.536. The van der Waals surface area contributed by atoms with Crippen LogP contribution in [0.2, 0.25) is 0 Å². The Hall–Kier alpha value is -0.960. The van der Waals surface area contributed by atoms with Crippen molar-refractivity contribution in [1.29, 1.82) is 0 Å². The number of nitrogens with zero attached hydrogens (tertiary/aromatic N) is 2. The largest absolute Gasteiger partial charge is 0.387 e. The maximum atomic E-state index is 9.41. The smallest absolute Gasteiger partial charge is 0.0950 e. The number of aromatic nitrogens is 2. The summed E-state index contributed by atoms with van der Waals surface area (Å²) in [6, 6.07) is 0. The summed E-state index contributed by atoms with van der Waals surface area (Å²) in [4.78, 5) is 8.56. The summed E-state index contributed by atoms with van der Waals surface area (Å²) < 4.78 is 0. The second kappa shape index (κ2) is 3.83. The Kier molecular flexibility index (Phi) is 2.98. The van der Waals surface area contributed by atoms with Crippen LogP contribution in [0.1, 0.15) is 49.9 Å². The average molecular weight is 180 g/mol. The van der Waals surface area contributed by atoms with Crippen LogP contribution >= 0.6 is 0 Å². The third-order valence-electron chi connectivity index (χ3n) is 2.00. The molecule has 3 heteroatoms. The molecule has 1 aromatic rings. The Labute approximate surface area is 78.9 Å². The number of hydrogen-bond acceptors (Lipinski definition) is 3. The van der Waals surface area contributed by atoms with E-state index in [0.29, 0.717) is 11.6 Å². The van der Waals surface area contributed by atoms with Gasteiger partial charge in [-0.05, 0) is 19.8 Å². The molecule has 0 bridgehead atoms. The first-order valence-electron chi connectivity index (χ1n) is 4.54. The normalized spacial score (nSPS) is 13.4. The van der Waals surface area contributed by atoms with Gasteiger partial charge in [-0.2, -0.15) is 0 Å². The number of aliphatic hydroxyl groups is 1. The van der Waals surface area contributed by atoms with Crippen molar-refractivity contribution < 1.29 is 5.11 Å². The summed E-state index contributed by atoms with van der Waals surface area (Å²) in [5, 5.41) is 9.41. The Bertz CT molecular complexity index is 295. The lowest BCUT2D eigenvalue weighted by molar-refractivity contribution is 0.192. The van der Waals surface area contributed by atoms with Crippen molar-refractivity contribution >= 4 is 0 Å². The van der Waals surface area contributed by atoms with Gasteiger partial charge in [0.05, 0.1) is 23.2 Å². The maximum absolute atomic E-state index is 9.41. The average Bonchev–Trinajstić information content (AvgIpc) is 2.04. The van der Waals surface area contributed by atoms with Crippen LogP contribution in [0.15, 0.2) is 6.20 Å². The highest BCUT2D eigenvalue weighted by atomic mass is 16.3. The van der Waals surface area contributed by atoms with Crippen LogP contribution in [0.4, 0.5) is 0 Å². The first-order valence-corrected chi connectivity index (χ1v) is 4.54. The molecular weight excluding hydrogens is 164 g/mol. The van der Waals surface area contributed by atoms with Crippen molar-refractivity contribution in [3.63, 3.8) is 0 Å². The van der Waals surface area contributed by atoms with Crippen LogP contribution in [-0.4, -0.2) is 15.1 Å². The summed E-state index contributed by atoms with van der Waals surface area (Å²) in [6.07, 6.45) is 1.23. The SMILES string of the molecule is Cc1ncc(C(C)C)nc1C(C)O. The molecule has 0 fully saturated rings. The summed E-state index contributed by atoms with van der Waals surface area (Å²) in [5.41, 5.74) is 2.42. The molecule has 3 nitrogen and oxygen atoms in total. The van der Waals surface area contributed by atoms with Crippen LogP contribution in [0.25, 0.3) is 0 Å². The maximum Gasteiger partial charge on any atom is 0.0950 e. The fourth-order valence-corrected chi connectivity index (χ4v) is 1.15. The number of rotatable bonds is 2. The van der Waals surface area contributed by atoms with E-state index in [2.05, 4.69) is 23.8 Å². The second-order valence-corrected chi connectivity index (χ2v) is 3.60. The number of aryl methyl sites for hydroxylation is 1. The molecule has 13 heavy (non-hydrogen) atoms. The Balaban J connectivity index is 3.11. The highest BCUT2D eigenvalue weighted by molar-refractivity contribution is 5.16. The molecular formula is C10H16N2O. The van der Waals surface area contributed by atoms with E-state index < -0.39 is 6.10 Å². The molecule has 1 heterocycles. The third-order valence-corrected chi connectivity index (χ3v) is 2.00. The first kappa shape index (κ1) is 10.1. The molecule has 0 spiro atoms. The van der Waals surface area contributed by atoms with Gasteiger partial charge in [0.25, 0.3) is 0 Å². The third kappa shape index (κ3) is 2.25. The molecule has 0 aliphatic carbocycles. The van der Waals surface area contributed by atoms with Gasteiger partial charge in [-0.1, -0.05) is 13.8 Å². The number of hydrogen-bond donors (Lipinski definition) is 1. The molecule has 0 amide bonds. The molecule has 1 N–H and O–H groups in total. The molecule has 0 aliphatic rings. The predicted molar refractivity (Wildman–Crippen MR) is 51.5 cm³/mol. The minimum absolute atomic E-state index is 0.352. The molecule has 1 atom stereocenters. The van der Waals surface area contributed by atoms with Crippen molar-refractivity contribution in [3.8, 4) is 0 Å². The minimum Gasteiger partial charge on any atom is -0.387 e. The first-order chi connectivity index (χ1) is 6.02. The summed E-state index contributed by atoms with van der Waals surface area (Å²) in [6.45, 7) is 7.69. The second-order valence-electron chi connectivity index (χ2n) is 3.60. The molecule has 0 saturated carbocycles. The highest BCUT2D eigenvalue weighted by Crippen LogP contribution is 2.16. The van der Waals surface area contributed by atoms with Gasteiger partial charge in [0.15, 0.2) is 0 Å². The van der Waals surface area contributed by atoms with E-state index in [9.17, 15) is 5.11 Å². The Morgan fingerprint density at radius 1 is 1.31 bits per heavy atom. The van der Waals surface area contributed by atoms with Gasteiger partial charge in [0, 0.05) is 6.20 Å². The van der Waals surface area contributed by atoms with Crippen molar-refractivity contribution in [2.75, 3.05) is 0 Å². The Morgan fingerprint density at radius 3 is 2.38 bits per heavy atom. The van der Waals surface area contributed by atoms with Crippen LogP contribution in [0.3, 0.4) is 0 Å². The molecule has 0 aromatic carbocycles. The van der Waals surface area contributed by atoms with Crippen molar-refractivity contribution in [2.45, 2.75) is 39.7 Å². The quantitative estimate of drug-likeness (QED) is 0.756. The molecule has 1 aromatic heterocycles. The van der Waals surface area contributed by atoms with Crippen molar-refractivity contribution in [2.24, 2.45) is 0 Å². The lowest BCUT2D eigenvalue weighted by Gasteiger charge is -2.10. The van der Waals surface area contributed by atoms with Crippen molar-refractivity contribution in [1.82, 2.24) is 9.97 Å². The van der Waals surface area contributed by atoms with Gasteiger partial charge in [-0.15, -0.1) is 0 Å². The summed E-state index contributed by atoms with van der Waals surface area (Å²) in [7, 11) is 0. The van der Waals surface area contributed by atoms with Crippen LogP contribution in [-0.2, 0) is 0 Å². The fourth-order valence-electron chi connectivity index (χ4n) is 1.15. The molecule has 1 unspecified atom stereocenters. The molecule has 1 rings (SSSR count). The van der Waals surface area contributed by atoms with Crippen LogP contribution < -0.4 is 0 Å². The zero-order valence-electron chi connectivity index (χ0n) is 8.57. The van der Waals surface area contributed by atoms with Gasteiger partial charge in [-0.25, -0.2) is 0 Å². The van der Waals surface area contributed by atoms with E-state index in [1.807, 2.05) is 6.92 Å². The van der Waals surface area contributed by atoms with E-state index in [1.165, 1.54) is 0 Å². The van der Waals surface area contributed by atoms with Gasteiger partial charge in [0.2, 0.25) is 0 Å². The van der Waals surface area contributed by atoms with Gasteiger partial charge in [0.1, 0.15) is 0 Å². The van der Waals surface area contributed by atoms with E-state index in [-0.39, 0.29) is 0 Å². The van der Waals surface area contributed by atoms with E-state index in [1.54, 1.807) is 13.1 Å². The van der Waals surface area contributed by atoms with E-state index in [0.717, 1.165) is 11.4 Å². The monoisotopic (exact) mass is 180 g/mol. The molecule has 0 aliphatic heterocycles. The van der Waals surface area contributed by atoms with Crippen LogP contribution in [0.5, 0.6) is 0 Å². The van der Waals surface area contributed by atoms with Gasteiger partial charge < -0.3 is 5.11 Å². The standard InChI is InChI=1S/C10H16N2O/c1-6(2)9-5-11-7(3)10(12-9)8(4)13/h5-6,8,13H,1-4H3. The zero-order valence-corrected chi connectivity index (χ0v) is 8.57. The lowest BCUT2D eigenvalue weighted by atomic mass is 10.1. The molecule has 72 valence electrons. The fraction of sp³-hybridized carbons (Fsp3) is 0.600. The van der Waals surface area contributed by atoms with Crippen LogP contribution in [0, 0.1) is 6.92 Å². The van der Waals surface area contributed by atoms with Crippen molar-refractivity contribution in [3.05, 3.63) is 23.3 Å². The van der Waals surface area contributed by atoms with E-state index >= 15 is 0 Å². The topological polar surface area (TPSA) is 46.0 Å². The lowest BCUT2D eigenvalue weighted by Crippen LogP contribution is -2.05. The highest BCUT2D eigenvalue weighted by Gasteiger charge is 2.10. The predicted octanol–water partition coefficient (Wildman–Crippen LogP) is 1.96. The number of aliphatic hydroxyl groups excluding tert-OH is 1. The van der Waals surface area contributed by atoms with Gasteiger partial charge in [-0.3, -0.25) is 9.97 Å². The zero-order chi connectivity index (χ0) is 10.0. The van der Waals surface area contributed by atoms with E-state index in [4.69, 9.17) is 0 Å².